The van der Waals surface area contributed by atoms with Gasteiger partial charge in [-0.15, -0.1) is 0 Å². The summed E-state index contributed by atoms with van der Waals surface area (Å²) in [5, 5.41) is 12.8. The molecule has 1 N–H and O–H groups in total. The van der Waals surface area contributed by atoms with E-state index >= 15 is 0 Å². The van der Waals surface area contributed by atoms with E-state index in [0.29, 0.717) is 5.75 Å². The van der Waals surface area contributed by atoms with Crippen molar-refractivity contribution in [3.8, 4) is 5.75 Å². The van der Waals surface area contributed by atoms with Gasteiger partial charge in [0.25, 0.3) is 0 Å². The molecule has 3 aromatic carbocycles. The van der Waals surface area contributed by atoms with Gasteiger partial charge in [0, 0.05) is 6.42 Å². The van der Waals surface area contributed by atoms with Gasteiger partial charge in [0.1, 0.15) is 5.75 Å². The van der Waals surface area contributed by atoms with Crippen molar-refractivity contribution < 1.29 is 5.11 Å². The van der Waals surface area contributed by atoms with Crippen LogP contribution < -0.4 is 0 Å². The highest BCUT2D eigenvalue weighted by atomic mass is 16.3. The number of phenolic OH excluding ortho intramolecular Hbond substituents is 1. The standard InChI is InChI=1S/C19H18O/c1-13-10-14(2)19(20)17(11-13)12-16-8-5-7-15-6-3-4-9-18(15)16/h3-11,20H,12H2,1-2H3. The molecular formula is C19H18O. The Morgan fingerprint density at radius 3 is 2.45 bits per heavy atom. The lowest BCUT2D eigenvalue weighted by Gasteiger charge is -2.11. The zero-order valence-electron chi connectivity index (χ0n) is 11.9. The Labute approximate surface area is 119 Å². The van der Waals surface area contributed by atoms with Crippen molar-refractivity contribution in [2.75, 3.05) is 0 Å². The van der Waals surface area contributed by atoms with Crippen molar-refractivity contribution in [2.24, 2.45) is 0 Å². The van der Waals surface area contributed by atoms with Gasteiger partial charge >= 0.3 is 0 Å². The molecular weight excluding hydrogens is 244 g/mol. The number of aryl methyl sites for hydroxylation is 2. The lowest BCUT2D eigenvalue weighted by molar-refractivity contribution is 0.465. The highest BCUT2D eigenvalue weighted by molar-refractivity contribution is 5.86. The molecule has 0 aliphatic heterocycles. The maximum atomic E-state index is 10.3. The van der Waals surface area contributed by atoms with Gasteiger partial charge in [-0.3, -0.25) is 0 Å². The molecule has 1 nitrogen and oxygen atoms in total. The summed E-state index contributed by atoms with van der Waals surface area (Å²) < 4.78 is 0. The maximum Gasteiger partial charge on any atom is 0.122 e. The van der Waals surface area contributed by atoms with Crippen molar-refractivity contribution in [3.05, 3.63) is 76.9 Å². The molecule has 3 aromatic rings. The quantitative estimate of drug-likeness (QED) is 0.706. The first kappa shape index (κ1) is 12.7. The second kappa shape index (κ2) is 5.01. The number of benzene rings is 3. The summed E-state index contributed by atoms with van der Waals surface area (Å²) in [5.74, 6) is 0.420. The largest absolute Gasteiger partial charge is 0.507 e. The third kappa shape index (κ3) is 2.27. The summed E-state index contributed by atoms with van der Waals surface area (Å²) in [7, 11) is 0. The minimum absolute atomic E-state index is 0.420. The van der Waals surface area contributed by atoms with Crippen LogP contribution in [0.15, 0.2) is 54.6 Å². The number of rotatable bonds is 2. The first-order valence-electron chi connectivity index (χ1n) is 6.91. The molecule has 100 valence electrons. The van der Waals surface area contributed by atoms with Gasteiger partial charge in [0.2, 0.25) is 0 Å². The maximum absolute atomic E-state index is 10.3. The van der Waals surface area contributed by atoms with Crippen molar-refractivity contribution in [1.82, 2.24) is 0 Å². The smallest absolute Gasteiger partial charge is 0.122 e. The molecule has 0 radical (unpaired) electrons. The summed E-state index contributed by atoms with van der Waals surface area (Å²) in [4.78, 5) is 0. The van der Waals surface area contributed by atoms with E-state index in [1.165, 1.54) is 21.9 Å². The van der Waals surface area contributed by atoms with Crippen LogP contribution in [0.2, 0.25) is 0 Å². The van der Waals surface area contributed by atoms with Crippen LogP contribution >= 0.6 is 0 Å². The molecule has 3 rings (SSSR count). The highest BCUT2D eigenvalue weighted by Gasteiger charge is 2.08. The summed E-state index contributed by atoms with van der Waals surface area (Å²) in [6.45, 7) is 4.02. The Morgan fingerprint density at radius 1 is 0.850 bits per heavy atom. The first-order chi connectivity index (χ1) is 9.65. The Hall–Kier alpha value is -2.28. The van der Waals surface area contributed by atoms with E-state index in [2.05, 4.69) is 55.5 Å². The minimum Gasteiger partial charge on any atom is -0.507 e. The normalized spacial score (nSPS) is 10.9. The minimum atomic E-state index is 0.420. The number of fused-ring (bicyclic) bond motifs is 1. The van der Waals surface area contributed by atoms with Crippen molar-refractivity contribution in [1.29, 1.82) is 0 Å². The van der Waals surface area contributed by atoms with Gasteiger partial charge in [-0.05, 0) is 41.3 Å². The van der Waals surface area contributed by atoms with Gasteiger partial charge in [-0.2, -0.15) is 0 Å². The summed E-state index contributed by atoms with van der Waals surface area (Å²) in [6.07, 6.45) is 0.760. The number of hydrogen-bond donors (Lipinski definition) is 1. The Bertz CT molecular complexity index is 767. The molecule has 0 aliphatic carbocycles. The zero-order valence-corrected chi connectivity index (χ0v) is 11.9. The second-order valence-corrected chi connectivity index (χ2v) is 5.40. The third-order valence-corrected chi connectivity index (χ3v) is 3.78. The lowest BCUT2D eigenvalue weighted by Crippen LogP contribution is -1.93. The fourth-order valence-electron chi connectivity index (χ4n) is 2.83. The van der Waals surface area contributed by atoms with Crippen LogP contribution in [0.1, 0.15) is 22.3 Å². The molecule has 0 amide bonds. The Kier molecular flexibility index (Phi) is 3.19. The first-order valence-corrected chi connectivity index (χ1v) is 6.91. The molecule has 0 aromatic heterocycles. The fraction of sp³-hybridized carbons (Fsp3) is 0.158. The van der Waals surface area contributed by atoms with Gasteiger partial charge < -0.3 is 5.11 Å². The third-order valence-electron chi connectivity index (χ3n) is 3.78. The SMILES string of the molecule is Cc1cc(C)c(O)c(Cc2cccc3ccccc23)c1. The molecule has 1 heteroatoms. The van der Waals surface area contributed by atoms with Gasteiger partial charge in [-0.1, -0.05) is 60.2 Å². The van der Waals surface area contributed by atoms with Crippen LogP contribution in [0.4, 0.5) is 0 Å². The molecule has 0 saturated carbocycles. The number of hydrogen-bond acceptors (Lipinski definition) is 1. The van der Waals surface area contributed by atoms with Crippen LogP contribution in [0, 0.1) is 13.8 Å². The average Bonchev–Trinajstić information content (AvgIpc) is 2.44. The second-order valence-electron chi connectivity index (χ2n) is 5.40. The van der Waals surface area contributed by atoms with E-state index in [0.717, 1.165) is 17.5 Å². The molecule has 0 spiro atoms. The topological polar surface area (TPSA) is 20.2 Å². The van der Waals surface area contributed by atoms with Gasteiger partial charge in [0.15, 0.2) is 0 Å². The number of aromatic hydroxyl groups is 1. The average molecular weight is 262 g/mol. The summed E-state index contributed by atoms with van der Waals surface area (Å²) in [6, 6.07) is 18.8. The van der Waals surface area contributed by atoms with Crippen molar-refractivity contribution in [3.63, 3.8) is 0 Å². The molecule has 0 fully saturated rings. The van der Waals surface area contributed by atoms with Crippen LogP contribution in [0.3, 0.4) is 0 Å². The molecule has 0 saturated heterocycles. The van der Waals surface area contributed by atoms with E-state index in [1.807, 2.05) is 13.0 Å². The fourth-order valence-corrected chi connectivity index (χ4v) is 2.83. The van der Waals surface area contributed by atoms with Crippen molar-refractivity contribution >= 4 is 10.8 Å². The van der Waals surface area contributed by atoms with Crippen LogP contribution in [0.25, 0.3) is 10.8 Å². The molecule has 0 aliphatic rings. The monoisotopic (exact) mass is 262 g/mol. The molecule has 0 unspecified atom stereocenters. The molecule has 0 atom stereocenters. The van der Waals surface area contributed by atoms with Crippen LogP contribution in [0.5, 0.6) is 5.75 Å². The molecule has 0 heterocycles. The van der Waals surface area contributed by atoms with E-state index in [9.17, 15) is 5.11 Å². The summed E-state index contributed by atoms with van der Waals surface area (Å²) in [5.41, 5.74) is 4.39. The van der Waals surface area contributed by atoms with Crippen LogP contribution in [-0.4, -0.2) is 5.11 Å². The van der Waals surface area contributed by atoms with Crippen molar-refractivity contribution in [2.45, 2.75) is 20.3 Å². The van der Waals surface area contributed by atoms with E-state index in [1.54, 1.807) is 0 Å². The highest BCUT2D eigenvalue weighted by Crippen LogP contribution is 2.28. The van der Waals surface area contributed by atoms with E-state index in [4.69, 9.17) is 0 Å². The Morgan fingerprint density at radius 2 is 1.60 bits per heavy atom. The van der Waals surface area contributed by atoms with E-state index < -0.39 is 0 Å². The predicted octanol–water partition coefficient (Wildman–Crippen LogP) is 4.75. The van der Waals surface area contributed by atoms with Crippen LogP contribution in [-0.2, 0) is 6.42 Å². The molecule has 0 bridgehead atoms. The predicted molar refractivity (Wildman–Crippen MR) is 84.3 cm³/mol. The van der Waals surface area contributed by atoms with Gasteiger partial charge in [-0.25, -0.2) is 0 Å². The lowest BCUT2D eigenvalue weighted by atomic mass is 9.96. The van der Waals surface area contributed by atoms with Gasteiger partial charge in [0.05, 0.1) is 0 Å². The Balaban J connectivity index is 2.10. The summed E-state index contributed by atoms with van der Waals surface area (Å²) >= 11 is 0. The van der Waals surface area contributed by atoms with E-state index in [-0.39, 0.29) is 0 Å². The zero-order chi connectivity index (χ0) is 14.1. The number of phenols is 1. The molecule has 20 heavy (non-hydrogen) atoms.